The van der Waals surface area contributed by atoms with Crippen LogP contribution in [-0.4, -0.2) is 93.7 Å². The van der Waals surface area contributed by atoms with E-state index in [0.29, 0.717) is 45.8 Å². The quantitative estimate of drug-likeness (QED) is 0.165. The van der Waals surface area contributed by atoms with Crippen LogP contribution < -0.4 is 0 Å². The summed E-state index contributed by atoms with van der Waals surface area (Å²) < 4.78 is 11.0. The molecule has 0 radical (unpaired) electrons. The number of ether oxygens (including phenoxy) is 2. The maximum atomic E-state index is 13.3. The smallest absolute Gasteiger partial charge is 0.345 e. The van der Waals surface area contributed by atoms with Gasteiger partial charge in [-0.1, -0.05) is 78.9 Å². The first-order valence-electron chi connectivity index (χ1n) is 18.0. The average molecular weight is 699 g/mol. The van der Waals surface area contributed by atoms with Crippen LogP contribution in [0.25, 0.3) is 0 Å². The second-order valence-electron chi connectivity index (χ2n) is 13.7. The Kier molecular flexibility index (Phi) is 11.1. The van der Waals surface area contributed by atoms with Gasteiger partial charge < -0.3 is 24.4 Å². The largest absolute Gasteiger partial charge is 0.459 e. The molecule has 270 valence electrons. The summed E-state index contributed by atoms with van der Waals surface area (Å²) in [6.45, 7) is 1.80. The molecule has 3 aromatic rings. The van der Waals surface area contributed by atoms with E-state index in [9.17, 15) is 14.4 Å². The van der Waals surface area contributed by atoms with Gasteiger partial charge in [-0.2, -0.15) is 10.1 Å². The standard InChI is InChI=1S/C39H46N4O8/c44-27-48-26-35-17-16-33-21-40(35)38(46)42(33)51-24-30-12-6-10-28(20-30)11-7-15-31-13-4-5-14-32(31)25-49-37(45)36-19-18-34-22-41(36)39(47)43(34)50-23-29-8-2-1-3-9-29/h1-6,8-10,12-14,20,33-36,44H,7,11,15-19,21-27H2/t33-,34-,35+,36+/m1/s1. The second kappa shape index (κ2) is 16.2. The van der Waals surface area contributed by atoms with Crippen LogP contribution in [0, 0.1) is 0 Å². The fourth-order valence-electron chi connectivity index (χ4n) is 7.69. The van der Waals surface area contributed by atoms with E-state index in [2.05, 4.69) is 18.2 Å². The molecule has 3 aromatic carbocycles. The van der Waals surface area contributed by atoms with Crippen molar-refractivity contribution in [2.45, 2.75) is 88.9 Å². The summed E-state index contributed by atoms with van der Waals surface area (Å²) >= 11 is 0. The van der Waals surface area contributed by atoms with Gasteiger partial charge in [-0.15, -0.1) is 0 Å². The van der Waals surface area contributed by atoms with Crippen molar-refractivity contribution in [3.63, 3.8) is 0 Å². The van der Waals surface area contributed by atoms with Crippen molar-refractivity contribution in [3.8, 4) is 0 Å². The number of hydroxylamine groups is 4. The van der Waals surface area contributed by atoms with Gasteiger partial charge in [0, 0.05) is 13.1 Å². The lowest BCUT2D eigenvalue weighted by molar-refractivity contribution is -0.151. The zero-order valence-corrected chi connectivity index (χ0v) is 28.8. The number of fused-ring (bicyclic) bond motifs is 4. The van der Waals surface area contributed by atoms with Gasteiger partial charge in [0.05, 0.1) is 24.7 Å². The zero-order chi connectivity index (χ0) is 35.2. The molecule has 7 rings (SSSR count). The molecule has 51 heavy (non-hydrogen) atoms. The zero-order valence-electron chi connectivity index (χ0n) is 28.8. The van der Waals surface area contributed by atoms with E-state index in [1.54, 1.807) is 9.80 Å². The normalized spacial score (nSPS) is 22.6. The number of benzene rings is 3. The monoisotopic (exact) mass is 698 g/mol. The number of piperidine rings is 2. The van der Waals surface area contributed by atoms with Crippen LogP contribution in [0.3, 0.4) is 0 Å². The van der Waals surface area contributed by atoms with Gasteiger partial charge >= 0.3 is 18.0 Å². The molecule has 4 aliphatic heterocycles. The fourth-order valence-corrected chi connectivity index (χ4v) is 7.69. The van der Waals surface area contributed by atoms with Crippen LogP contribution in [-0.2, 0) is 56.6 Å². The van der Waals surface area contributed by atoms with Gasteiger partial charge in [0.25, 0.3) is 0 Å². The summed E-state index contributed by atoms with van der Waals surface area (Å²) in [6.07, 6.45) is 5.46. The van der Waals surface area contributed by atoms with E-state index in [-0.39, 0.29) is 49.6 Å². The van der Waals surface area contributed by atoms with Gasteiger partial charge in [0.15, 0.2) is 0 Å². The number of carbonyl (C=O) groups is 3. The first-order valence-corrected chi connectivity index (χ1v) is 18.0. The van der Waals surface area contributed by atoms with Crippen LogP contribution >= 0.6 is 0 Å². The van der Waals surface area contributed by atoms with Gasteiger partial charge in [-0.05, 0) is 72.8 Å². The third-order valence-corrected chi connectivity index (χ3v) is 10.4. The number of aryl methyl sites for hydroxylation is 2. The number of hydrogen-bond acceptors (Lipinski definition) is 8. The number of nitrogens with zero attached hydrogens (tertiary/aromatic N) is 4. The number of rotatable bonds is 16. The Labute approximate surface area is 298 Å². The van der Waals surface area contributed by atoms with Gasteiger partial charge in [0.2, 0.25) is 0 Å². The Bertz CT molecular complexity index is 1670. The second-order valence-corrected chi connectivity index (χ2v) is 13.7. The minimum atomic E-state index is -0.619. The number of carbonyl (C=O) groups excluding carboxylic acids is 3. The molecule has 0 spiro atoms. The van der Waals surface area contributed by atoms with E-state index in [1.807, 2.05) is 60.7 Å². The van der Waals surface area contributed by atoms with E-state index in [4.69, 9.17) is 24.3 Å². The first kappa shape index (κ1) is 34.9. The highest BCUT2D eigenvalue weighted by molar-refractivity contribution is 5.85. The fraction of sp³-hybridized carbons (Fsp3) is 0.462. The Morgan fingerprint density at radius 3 is 2.12 bits per heavy atom. The van der Waals surface area contributed by atoms with Crippen molar-refractivity contribution in [1.82, 2.24) is 19.9 Å². The van der Waals surface area contributed by atoms with E-state index in [0.717, 1.165) is 54.4 Å². The van der Waals surface area contributed by atoms with E-state index < -0.39 is 6.04 Å². The summed E-state index contributed by atoms with van der Waals surface area (Å²) in [5.74, 6) is -0.382. The Balaban J connectivity index is 0.869. The van der Waals surface area contributed by atoms with Crippen LogP contribution in [0.1, 0.15) is 59.9 Å². The van der Waals surface area contributed by atoms with Gasteiger partial charge in [0.1, 0.15) is 32.7 Å². The molecule has 0 aromatic heterocycles. The molecule has 0 saturated carbocycles. The molecule has 4 amide bonds. The van der Waals surface area contributed by atoms with Crippen LogP contribution in [0.2, 0.25) is 0 Å². The Morgan fingerprint density at radius 2 is 1.33 bits per heavy atom. The lowest BCUT2D eigenvalue weighted by atomic mass is 9.99. The van der Waals surface area contributed by atoms with E-state index >= 15 is 0 Å². The lowest BCUT2D eigenvalue weighted by Gasteiger charge is -2.29. The van der Waals surface area contributed by atoms with Crippen molar-refractivity contribution in [2.75, 3.05) is 26.5 Å². The molecular formula is C39H46N4O8. The minimum Gasteiger partial charge on any atom is -0.459 e. The summed E-state index contributed by atoms with van der Waals surface area (Å²) in [6, 6.07) is 24.9. The number of amides is 4. The SMILES string of the molecule is O=C(OCc1ccccc1CCCc1cccc(CON2C(=O)N3C[C@H]2CC[C@H]3COCO)c1)[C@@H]1CC[C@@H]2CN1C(=O)N2OCc1ccccc1. The van der Waals surface area contributed by atoms with Crippen molar-refractivity contribution >= 4 is 18.0 Å². The molecule has 4 bridgehead atoms. The predicted molar refractivity (Wildman–Crippen MR) is 185 cm³/mol. The Morgan fingerprint density at radius 1 is 0.686 bits per heavy atom. The van der Waals surface area contributed by atoms with Crippen molar-refractivity contribution in [2.24, 2.45) is 0 Å². The molecule has 4 fully saturated rings. The Hall–Kier alpha value is -4.49. The summed E-state index contributed by atoms with van der Waals surface area (Å²) in [5, 5.41) is 11.9. The van der Waals surface area contributed by atoms with Crippen LogP contribution in [0.15, 0.2) is 78.9 Å². The number of aliphatic hydroxyl groups is 1. The molecule has 4 heterocycles. The predicted octanol–water partition coefficient (Wildman–Crippen LogP) is 4.97. The highest BCUT2D eigenvalue weighted by atomic mass is 16.7. The van der Waals surface area contributed by atoms with Crippen molar-refractivity contribution < 1.29 is 38.6 Å². The number of esters is 1. The maximum Gasteiger partial charge on any atom is 0.345 e. The lowest BCUT2D eigenvalue weighted by Crippen LogP contribution is -2.45. The molecule has 4 atom stereocenters. The number of urea groups is 2. The molecule has 4 aliphatic rings. The van der Waals surface area contributed by atoms with Crippen molar-refractivity contribution in [3.05, 3.63) is 107 Å². The van der Waals surface area contributed by atoms with Crippen molar-refractivity contribution in [1.29, 1.82) is 0 Å². The molecule has 1 N–H and O–H groups in total. The summed E-state index contributed by atoms with van der Waals surface area (Å²) in [7, 11) is 0. The number of hydrogen-bond donors (Lipinski definition) is 1. The molecule has 0 aliphatic carbocycles. The van der Waals surface area contributed by atoms with Crippen LogP contribution in [0.5, 0.6) is 0 Å². The molecule has 4 saturated heterocycles. The topological polar surface area (TPSA) is 121 Å². The minimum absolute atomic E-state index is 0.0262. The third-order valence-electron chi connectivity index (χ3n) is 10.4. The summed E-state index contributed by atoms with van der Waals surface area (Å²) in [4.78, 5) is 54.7. The third kappa shape index (κ3) is 8.04. The molecule has 0 unspecified atom stereocenters. The van der Waals surface area contributed by atoms with Crippen LogP contribution in [0.4, 0.5) is 9.59 Å². The van der Waals surface area contributed by atoms with Gasteiger partial charge in [-0.3, -0.25) is 9.68 Å². The molecule has 12 heteroatoms. The average Bonchev–Trinajstić information content (AvgIpc) is 3.55. The highest BCUT2D eigenvalue weighted by Gasteiger charge is 2.49. The van der Waals surface area contributed by atoms with E-state index in [1.165, 1.54) is 15.7 Å². The molecular weight excluding hydrogens is 652 g/mol. The maximum absolute atomic E-state index is 13.3. The number of aliphatic hydroxyl groups excluding tert-OH is 1. The summed E-state index contributed by atoms with van der Waals surface area (Å²) in [5.41, 5.74) is 5.25. The first-order chi connectivity index (χ1) is 25.0. The highest BCUT2D eigenvalue weighted by Crippen LogP contribution is 2.32. The molecule has 12 nitrogen and oxygen atoms in total. The van der Waals surface area contributed by atoms with Gasteiger partial charge in [-0.25, -0.2) is 14.4 Å².